The van der Waals surface area contributed by atoms with Gasteiger partial charge in [0.2, 0.25) is 0 Å². The zero-order chi connectivity index (χ0) is 14.2. The average molecular weight is 272 g/mol. The first-order valence-electron chi connectivity index (χ1n) is 6.84. The van der Waals surface area contributed by atoms with Gasteiger partial charge in [0, 0.05) is 23.9 Å². The highest BCUT2D eigenvalue weighted by Crippen LogP contribution is 2.20. The lowest BCUT2D eigenvalue weighted by Gasteiger charge is -2.13. The second kappa shape index (κ2) is 7.50. The van der Waals surface area contributed by atoms with Gasteiger partial charge in [-0.05, 0) is 18.6 Å². The van der Waals surface area contributed by atoms with Crippen LogP contribution in [0.15, 0.2) is 42.6 Å². The highest BCUT2D eigenvalue weighted by Gasteiger charge is 2.06. The number of aliphatic hydroxyl groups excluding tert-OH is 1. The number of pyridine rings is 1. The summed E-state index contributed by atoms with van der Waals surface area (Å²) in [6.45, 7) is 3.40. The van der Waals surface area contributed by atoms with Crippen molar-refractivity contribution in [2.75, 3.05) is 11.9 Å². The molecule has 1 aromatic heterocycles. The molecule has 20 heavy (non-hydrogen) atoms. The quantitative estimate of drug-likeness (QED) is 0.813. The van der Waals surface area contributed by atoms with Crippen molar-refractivity contribution in [2.45, 2.75) is 26.6 Å². The van der Waals surface area contributed by atoms with Crippen molar-refractivity contribution in [1.29, 1.82) is 0 Å². The molecule has 0 amide bonds. The minimum Gasteiger partial charge on any atom is -0.488 e. The van der Waals surface area contributed by atoms with E-state index in [-0.39, 0.29) is 6.61 Å². The molecule has 4 nitrogen and oxygen atoms in total. The van der Waals surface area contributed by atoms with Crippen LogP contribution in [0.2, 0.25) is 0 Å². The monoisotopic (exact) mass is 272 g/mol. The highest BCUT2D eigenvalue weighted by molar-refractivity contribution is 5.43. The van der Waals surface area contributed by atoms with Crippen molar-refractivity contribution < 1.29 is 9.84 Å². The smallest absolute Gasteiger partial charge is 0.132 e. The third-order valence-corrected chi connectivity index (χ3v) is 2.96. The number of nitrogens with one attached hydrogen (secondary N) is 1. The van der Waals surface area contributed by atoms with Crippen molar-refractivity contribution in [3.8, 4) is 5.75 Å². The molecule has 4 heteroatoms. The predicted octanol–water partition coefficient (Wildman–Crippen LogP) is 2.97. The summed E-state index contributed by atoms with van der Waals surface area (Å²) in [6, 6.07) is 11.4. The number of ether oxygens (including phenoxy) is 1. The summed E-state index contributed by atoms with van der Waals surface area (Å²) in [7, 11) is 0. The lowest BCUT2D eigenvalue weighted by molar-refractivity contribution is 0.259. The van der Waals surface area contributed by atoms with E-state index in [4.69, 9.17) is 4.74 Å². The van der Waals surface area contributed by atoms with Gasteiger partial charge in [0.25, 0.3) is 0 Å². The van der Waals surface area contributed by atoms with Gasteiger partial charge in [-0.15, -0.1) is 0 Å². The van der Waals surface area contributed by atoms with Crippen molar-refractivity contribution in [3.63, 3.8) is 0 Å². The van der Waals surface area contributed by atoms with Crippen LogP contribution < -0.4 is 10.1 Å². The van der Waals surface area contributed by atoms with Gasteiger partial charge < -0.3 is 15.2 Å². The van der Waals surface area contributed by atoms with E-state index in [1.54, 1.807) is 6.20 Å². The minimum atomic E-state index is -0.0237. The van der Waals surface area contributed by atoms with E-state index in [0.29, 0.717) is 12.4 Å². The average Bonchev–Trinajstić information content (AvgIpc) is 2.52. The van der Waals surface area contributed by atoms with Crippen LogP contribution in [0, 0.1) is 0 Å². The normalized spacial score (nSPS) is 10.3. The van der Waals surface area contributed by atoms with Crippen molar-refractivity contribution in [1.82, 2.24) is 4.98 Å². The Morgan fingerprint density at radius 3 is 2.75 bits per heavy atom. The van der Waals surface area contributed by atoms with E-state index < -0.39 is 0 Å². The fourth-order valence-corrected chi connectivity index (χ4v) is 1.89. The zero-order valence-electron chi connectivity index (χ0n) is 11.7. The number of nitrogens with zero attached hydrogens (tertiary/aromatic N) is 1. The predicted molar refractivity (Wildman–Crippen MR) is 79.7 cm³/mol. The molecule has 2 rings (SSSR count). The Labute approximate surface area is 119 Å². The fraction of sp³-hybridized carbons (Fsp3) is 0.312. The number of aromatic nitrogens is 1. The molecule has 0 aliphatic rings. The number of aliphatic hydroxyl groups is 1. The number of anilines is 1. The summed E-state index contributed by atoms with van der Waals surface area (Å²) in [5.41, 5.74) is 1.80. The van der Waals surface area contributed by atoms with Gasteiger partial charge in [0.1, 0.15) is 18.2 Å². The Balaban J connectivity index is 2.06. The van der Waals surface area contributed by atoms with Gasteiger partial charge in [-0.2, -0.15) is 0 Å². The number of para-hydroxylation sites is 1. The molecule has 1 heterocycles. The SMILES string of the molecule is CCCNc1ncccc1COc1ccccc1CO. The number of benzene rings is 1. The summed E-state index contributed by atoms with van der Waals surface area (Å²) >= 11 is 0. The first-order chi connectivity index (χ1) is 9.85. The summed E-state index contributed by atoms with van der Waals surface area (Å²) < 4.78 is 5.79. The molecule has 2 N–H and O–H groups in total. The summed E-state index contributed by atoms with van der Waals surface area (Å²) in [5.74, 6) is 1.57. The van der Waals surface area contributed by atoms with Crippen LogP contribution in [0.3, 0.4) is 0 Å². The number of hydrogen-bond donors (Lipinski definition) is 2. The molecule has 0 bridgehead atoms. The summed E-state index contributed by atoms with van der Waals surface area (Å²) in [5, 5.41) is 12.6. The molecule has 2 aromatic rings. The Bertz CT molecular complexity index is 544. The molecule has 0 aliphatic heterocycles. The van der Waals surface area contributed by atoms with Crippen molar-refractivity contribution in [3.05, 3.63) is 53.7 Å². The molecule has 0 saturated heterocycles. The van der Waals surface area contributed by atoms with Crippen LogP contribution in [0.1, 0.15) is 24.5 Å². The van der Waals surface area contributed by atoms with Gasteiger partial charge in [0.15, 0.2) is 0 Å². The number of rotatable bonds is 7. The molecular weight excluding hydrogens is 252 g/mol. The van der Waals surface area contributed by atoms with Crippen molar-refractivity contribution in [2.24, 2.45) is 0 Å². The fourth-order valence-electron chi connectivity index (χ4n) is 1.89. The Morgan fingerprint density at radius 2 is 1.95 bits per heavy atom. The van der Waals surface area contributed by atoms with E-state index in [0.717, 1.165) is 29.9 Å². The second-order valence-corrected chi connectivity index (χ2v) is 4.49. The Kier molecular flexibility index (Phi) is 5.38. The van der Waals surface area contributed by atoms with Gasteiger partial charge in [-0.1, -0.05) is 31.2 Å². The first-order valence-corrected chi connectivity index (χ1v) is 6.84. The third-order valence-electron chi connectivity index (χ3n) is 2.96. The van der Waals surface area contributed by atoms with Crippen LogP contribution >= 0.6 is 0 Å². The Morgan fingerprint density at radius 1 is 1.15 bits per heavy atom. The van der Waals surface area contributed by atoms with E-state index in [9.17, 15) is 5.11 Å². The highest BCUT2D eigenvalue weighted by atomic mass is 16.5. The van der Waals surface area contributed by atoms with E-state index >= 15 is 0 Å². The van der Waals surface area contributed by atoms with Crippen molar-refractivity contribution >= 4 is 5.82 Å². The molecule has 0 unspecified atom stereocenters. The largest absolute Gasteiger partial charge is 0.488 e. The summed E-state index contributed by atoms with van der Waals surface area (Å²) in [4.78, 5) is 4.33. The zero-order valence-corrected chi connectivity index (χ0v) is 11.7. The van der Waals surface area contributed by atoms with E-state index in [2.05, 4.69) is 17.2 Å². The van der Waals surface area contributed by atoms with E-state index in [1.807, 2.05) is 36.4 Å². The van der Waals surface area contributed by atoms with Crippen LogP contribution in [0.25, 0.3) is 0 Å². The first kappa shape index (κ1) is 14.3. The van der Waals surface area contributed by atoms with Crippen LogP contribution in [-0.2, 0) is 13.2 Å². The molecule has 1 aromatic carbocycles. The Hall–Kier alpha value is -2.07. The maximum absolute atomic E-state index is 9.28. The molecule has 0 spiro atoms. The molecule has 0 aliphatic carbocycles. The van der Waals surface area contributed by atoms with Gasteiger partial charge in [-0.3, -0.25) is 0 Å². The van der Waals surface area contributed by atoms with Gasteiger partial charge in [-0.25, -0.2) is 4.98 Å². The molecule has 106 valence electrons. The molecule has 0 saturated carbocycles. The topological polar surface area (TPSA) is 54.4 Å². The van der Waals surface area contributed by atoms with Crippen LogP contribution in [-0.4, -0.2) is 16.6 Å². The number of hydrogen-bond acceptors (Lipinski definition) is 4. The standard InChI is InChI=1S/C16H20N2O2/c1-2-9-17-16-14(7-5-10-18-16)12-20-15-8-4-3-6-13(15)11-19/h3-8,10,19H,2,9,11-12H2,1H3,(H,17,18). The maximum atomic E-state index is 9.28. The van der Waals surface area contributed by atoms with Crippen LogP contribution in [0.4, 0.5) is 5.82 Å². The molecule has 0 fully saturated rings. The lowest BCUT2D eigenvalue weighted by Crippen LogP contribution is -2.07. The van der Waals surface area contributed by atoms with Gasteiger partial charge >= 0.3 is 0 Å². The van der Waals surface area contributed by atoms with Crippen LogP contribution in [0.5, 0.6) is 5.75 Å². The van der Waals surface area contributed by atoms with Gasteiger partial charge in [0.05, 0.1) is 6.61 Å². The maximum Gasteiger partial charge on any atom is 0.132 e. The molecular formula is C16H20N2O2. The second-order valence-electron chi connectivity index (χ2n) is 4.49. The molecule has 0 atom stereocenters. The molecule has 0 radical (unpaired) electrons. The minimum absolute atomic E-state index is 0.0237. The third kappa shape index (κ3) is 3.71. The van der Waals surface area contributed by atoms with E-state index in [1.165, 1.54) is 0 Å². The summed E-state index contributed by atoms with van der Waals surface area (Å²) in [6.07, 6.45) is 2.81. The lowest BCUT2D eigenvalue weighted by atomic mass is 10.2.